The Labute approximate surface area is 184 Å². The van der Waals surface area contributed by atoms with Gasteiger partial charge in [-0.15, -0.1) is 0 Å². The van der Waals surface area contributed by atoms with Gasteiger partial charge in [-0.2, -0.15) is 0 Å². The summed E-state index contributed by atoms with van der Waals surface area (Å²) in [5, 5.41) is 3.02. The molecule has 0 spiro atoms. The highest BCUT2D eigenvalue weighted by atomic mass is 16.4. The smallest absolute Gasteiger partial charge is 0.220 e. The Morgan fingerprint density at radius 3 is 2.48 bits per heavy atom. The van der Waals surface area contributed by atoms with Crippen LogP contribution < -0.4 is 5.32 Å². The zero-order valence-electron chi connectivity index (χ0n) is 18.1. The summed E-state index contributed by atoms with van der Waals surface area (Å²) in [4.78, 5) is 19.1. The fraction of sp³-hybridized carbons (Fsp3) is 0.385. The molecule has 1 aliphatic rings. The van der Waals surface area contributed by atoms with E-state index in [0.717, 1.165) is 29.9 Å². The fourth-order valence-electron chi connectivity index (χ4n) is 3.99. The van der Waals surface area contributed by atoms with Crippen molar-refractivity contribution in [1.29, 1.82) is 0 Å². The van der Waals surface area contributed by atoms with Crippen molar-refractivity contribution in [3.8, 4) is 11.3 Å². The normalized spacial score (nSPS) is 14.5. The monoisotopic (exact) mass is 417 g/mol. The zero-order valence-corrected chi connectivity index (χ0v) is 18.1. The zero-order chi connectivity index (χ0) is 21.3. The van der Waals surface area contributed by atoms with Crippen LogP contribution in [0.1, 0.15) is 49.1 Å². The van der Waals surface area contributed by atoms with Crippen LogP contribution in [0.15, 0.2) is 65.2 Å². The summed E-state index contributed by atoms with van der Waals surface area (Å²) < 4.78 is 5.80. The Hall–Kier alpha value is -2.92. The van der Waals surface area contributed by atoms with Crippen molar-refractivity contribution >= 4 is 5.91 Å². The van der Waals surface area contributed by atoms with Crippen LogP contribution in [0.4, 0.5) is 0 Å². The highest BCUT2D eigenvalue weighted by Crippen LogP contribution is 2.20. The van der Waals surface area contributed by atoms with Gasteiger partial charge in [-0.3, -0.25) is 9.69 Å². The van der Waals surface area contributed by atoms with E-state index in [1.807, 2.05) is 30.3 Å². The van der Waals surface area contributed by atoms with Crippen LogP contribution in [-0.4, -0.2) is 28.9 Å². The van der Waals surface area contributed by atoms with Gasteiger partial charge < -0.3 is 9.73 Å². The van der Waals surface area contributed by atoms with Crippen molar-refractivity contribution in [2.45, 2.75) is 51.6 Å². The SMILES string of the molecule is O=C(CCCc1ncc(-c2ccccc2)o1)NCc1ccc(CN2CCCCC2)cc1. The Morgan fingerprint density at radius 1 is 0.968 bits per heavy atom. The minimum Gasteiger partial charge on any atom is -0.441 e. The predicted octanol–water partition coefficient (Wildman–Crippen LogP) is 4.97. The number of aromatic nitrogens is 1. The summed E-state index contributed by atoms with van der Waals surface area (Å²) in [6, 6.07) is 18.5. The Balaban J connectivity index is 1.15. The number of nitrogens with one attached hydrogen (secondary N) is 1. The molecule has 1 aromatic heterocycles. The van der Waals surface area contributed by atoms with Gasteiger partial charge in [-0.25, -0.2) is 4.98 Å². The molecular weight excluding hydrogens is 386 g/mol. The van der Waals surface area contributed by atoms with Crippen molar-refractivity contribution in [1.82, 2.24) is 15.2 Å². The third-order valence-electron chi connectivity index (χ3n) is 5.77. The molecule has 0 radical (unpaired) electrons. The van der Waals surface area contributed by atoms with E-state index in [0.29, 0.717) is 25.3 Å². The van der Waals surface area contributed by atoms with Crippen LogP contribution in [-0.2, 0) is 24.3 Å². The van der Waals surface area contributed by atoms with Gasteiger partial charge in [0.1, 0.15) is 0 Å². The topological polar surface area (TPSA) is 58.4 Å². The molecule has 5 heteroatoms. The van der Waals surface area contributed by atoms with E-state index >= 15 is 0 Å². The molecule has 1 saturated heterocycles. The molecule has 1 fully saturated rings. The quantitative estimate of drug-likeness (QED) is 0.534. The lowest BCUT2D eigenvalue weighted by Gasteiger charge is -2.26. The van der Waals surface area contributed by atoms with E-state index < -0.39 is 0 Å². The molecule has 162 valence electrons. The van der Waals surface area contributed by atoms with Crippen molar-refractivity contribution in [2.24, 2.45) is 0 Å². The summed E-state index contributed by atoms with van der Waals surface area (Å²) in [5.41, 5.74) is 3.50. The Bertz CT molecular complexity index is 944. The summed E-state index contributed by atoms with van der Waals surface area (Å²) in [7, 11) is 0. The second kappa shape index (κ2) is 10.9. The Kier molecular flexibility index (Phi) is 7.51. The van der Waals surface area contributed by atoms with E-state index in [4.69, 9.17) is 4.42 Å². The van der Waals surface area contributed by atoms with Gasteiger partial charge in [0, 0.05) is 31.5 Å². The molecule has 0 aliphatic carbocycles. The van der Waals surface area contributed by atoms with E-state index in [-0.39, 0.29) is 5.91 Å². The minimum absolute atomic E-state index is 0.0623. The number of amides is 1. The maximum absolute atomic E-state index is 12.2. The number of aryl methyl sites for hydroxylation is 1. The van der Waals surface area contributed by atoms with Gasteiger partial charge in [-0.05, 0) is 43.5 Å². The van der Waals surface area contributed by atoms with Gasteiger partial charge in [0.2, 0.25) is 5.91 Å². The highest BCUT2D eigenvalue weighted by Gasteiger charge is 2.11. The third kappa shape index (κ3) is 6.53. The molecular formula is C26H31N3O2. The number of piperidine rings is 1. The first-order valence-electron chi connectivity index (χ1n) is 11.3. The number of benzene rings is 2. The molecule has 0 saturated carbocycles. The molecule has 2 aromatic carbocycles. The minimum atomic E-state index is 0.0623. The molecule has 3 aromatic rings. The number of carbonyl (C=O) groups is 1. The van der Waals surface area contributed by atoms with Gasteiger partial charge in [0.15, 0.2) is 11.7 Å². The molecule has 0 bridgehead atoms. The molecule has 1 N–H and O–H groups in total. The van der Waals surface area contributed by atoms with Gasteiger partial charge in [-0.1, -0.05) is 61.0 Å². The molecule has 0 unspecified atom stereocenters. The molecule has 31 heavy (non-hydrogen) atoms. The number of carbonyl (C=O) groups excluding carboxylic acids is 1. The molecule has 1 amide bonds. The molecule has 1 aliphatic heterocycles. The first-order valence-corrected chi connectivity index (χ1v) is 11.3. The first kappa shape index (κ1) is 21.3. The number of nitrogens with zero attached hydrogens (tertiary/aromatic N) is 2. The summed E-state index contributed by atoms with van der Waals surface area (Å²) in [5.74, 6) is 1.51. The lowest BCUT2D eigenvalue weighted by Crippen LogP contribution is -2.29. The third-order valence-corrected chi connectivity index (χ3v) is 5.77. The van der Waals surface area contributed by atoms with Crippen molar-refractivity contribution < 1.29 is 9.21 Å². The summed E-state index contributed by atoms with van der Waals surface area (Å²) >= 11 is 0. The first-order chi connectivity index (χ1) is 15.3. The van der Waals surface area contributed by atoms with Gasteiger partial charge in [0.25, 0.3) is 0 Å². The van der Waals surface area contributed by atoms with Crippen LogP contribution in [0.2, 0.25) is 0 Å². The van der Waals surface area contributed by atoms with Gasteiger partial charge in [0.05, 0.1) is 6.20 Å². The average Bonchev–Trinajstić information content (AvgIpc) is 3.29. The molecule has 4 rings (SSSR count). The standard InChI is InChI=1S/C26H31N3O2/c30-25(10-7-11-26-28-19-24(31-26)23-8-3-1-4-9-23)27-18-21-12-14-22(15-13-21)20-29-16-5-2-6-17-29/h1,3-4,8-9,12-15,19H,2,5-7,10-11,16-18,20H2,(H,27,30). The van der Waals surface area contributed by atoms with Crippen molar-refractivity contribution in [2.75, 3.05) is 13.1 Å². The lowest BCUT2D eigenvalue weighted by molar-refractivity contribution is -0.121. The maximum atomic E-state index is 12.2. The number of rotatable bonds is 9. The number of hydrogen-bond donors (Lipinski definition) is 1. The lowest BCUT2D eigenvalue weighted by atomic mass is 10.1. The number of oxazole rings is 1. The van der Waals surface area contributed by atoms with Crippen molar-refractivity contribution in [3.63, 3.8) is 0 Å². The van der Waals surface area contributed by atoms with Crippen LogP contribution in [0, 0.1) is 0 Å². The second-order valence-corrected chi connectivity index (χ2v) is 8.27. The van der Waals surface area contributed by atoms with Crippen LogP contribution in [0.5, 0.6) is 0 Å². The van der Waals surface area contributed by atoms with E-state index in [9.17, 15) is 4.79 Å². The number of hydrogen-bond acceptors (Lipinski definition) is 4. The number of likely N-dealkylation sites (tertiary alicyclic amines) is 1. The van der Waals surface area contributed by atoms with E-state index in [1.54, 1.807) is 6.20 Å². The predicted molar refractivity (Wildman–Crippen MR) is 122 cm³/mol. The largest absolute Gasteiger partial charge is 0.441 e. The van der Waals surface area contributed by atoms with E-state index in [2.05, 4.69) is 39.5 Å². The van der Waals surface area contributed by atoms with Gasteiger partial charge >= 0.3 is 0 Å². The van der Waals surface area contributed by atoms with Crippen LogP contribution in [0.25, 0.3) is 11.3 Å². The molecule has 0 atom stereocenters. The second-order valence-electron chi connectivity index (χ2n) is 8.27. The summed E-state index contributed by atoms with van der Waals surface area (Å²) in [6.45, 7) is 4.01. The molecule has 2 heterocycles. The van der Waals surface area contributed by atoms with Crippen molar-refractivity contribution in [3.05, 3.63) is 77.8 Å². The average molecular weight is 418 g/mol. The van der Waals surface area contributed by atoms with Crippen LogP contribution >= 0.6 is 0 Å². The fourth-order valence-corrected chi connectivity index (χ4v) is 3.99. The highest BCUT2D eigenvalue weighted by molar-refractivity contribution is 5.75. The van der Waals surface area contributed by atoms with E-state index in [1.165, 1.54) is 37.9 Å². The summed E-state index contributed by atoms with van der Waals surface area (Å²) in [6.07, 6.45) is 7.58. The van der Waals surface area contributed by atoms with Crippen LogP contribution in [0.3, 0.4) is 0 Å². The Morgan fingerprint density at radius 2 is 1.71 bits per heavy atom. The molecule has 5 nitrogen and oxygen atoms in total. The maximum Gasteiger partial charge on any atom is 0.220 e.